The van der Waals surface area contributed by atoms with Gasteiger partial charge in [-0.2, -0.15) is 5.26 Å². The van der Waals surface area contributed by atoms with Gasteiger partial charge >= 0.3 is 0 Å². The van der Waals surface area contributed by atoms with E-state index in [9.17, 15) is 0 Å². The Labute approximate surface area is 87.1 Å². The number of nitrogens with one attached hydrogen (secondary N) is 1. The molecule has 3 heteroatoms. The van der Waals surface area contributed by atoms with Crippen LogP contribution in [0.2, 0.25) is 0 Å². The normalized spacial score (nSPS) is 25.2. The van der Waals surface area contributed by atoms with Crippen molar-refractivity contribution in [1.82, 2.24) is 10.2 Å². The highest BCUT2D eigenvalue weighted by atomic mass is 15.2. The van der Waals surface area contributed by atoms with Crippen molar-refractivity contribution in [2.24, 2.45) is 5.92 Å². The molecule has 0 aliphatic carbocycles. The maximum absolute atomic E-state index is 8.63. The summed E-state index contributed by atoms with van der Waals surface area (Å²) in [7, 11) is 0. The molecule has 0 spiro atoms. The molecule has 14 heavy (non-hydrogen) atoms. The Morgan fingerprint density at radius 1 is 1.50 bits per heavy atom. The topological polar surface area (TPSA) is 39.1 Å². The molecule has 1 rings (SSSR count). The van der Waals surface area contributed by atoms with Crippen LogP contribution < -0.4 is 5.32 Å². The van der Waals surface area contributed by atoms with E-state index in [-0.39, 0.29) is 6.04 Å². The molecule has 1 N–H and O–H groups in total. The standard InChI is InChI=1S/C11H21N3/c1-9(2)14-5-4-11(8-14)7-13-10(3)6-12/h9-11,13H,4-5,7-8H2,1-3H3. The van der Waals surface area contributed by atoms with Gasteiger partial charge in [-0.05, 0) is 39.7 Å². The first kappa shape index (κ1) is 11.5. The lowest BCUT2D eigenvalue weighted by Crippen LogP contribution is -2.33. The average Bonchev–Trinajstić information content (AvgIpc) is 2.62. The van der Waals surface area contributed by atoms with E-state index in [0.29, 0.717) is 6.04 Å². The van der Waals surface area contributed by atoms with Gasteiger partial charge in [0.15, 0.2) is 0 Å². The summed E-state index contributed by atoms with van der Waals surface area (Å²) >= 11 is 0. The van der Waals surface area contributed by atoms with Gasteiger partial charge in [0.2, 0.25) is 0 Å². The summed E-state index contributed by atoms with van der Waals surface area (Å²) in [5.41, 5.74) is 0. The Morgan fingerprint density at radius 2 is 2.21 bits per heavy atom. The van der Waals surface area contributed by atoms with Gasteiger partial charge in [-0.25, -0.2) is 0 Å². The van der Waals surface area contributed by atoms with Gasteiger partial charge in [-0.3, -0.25) is 0 Å². The molecular formula is C11H21N3. The summed E-state index contributed by atoms with van der Waals surface area (Å²) in [6.07, 6.45) is 1.27. The molecule has 1 fully saturated rings. The average molecular weight is 195 g/mol. The van der Waals surface area contributed by atoms with E-state index in [1.165, 1.54) is 19.5 Å². The van der Waals surface area contributed by atoms with Crippen molar-refractivity contribution in [1.29, 1.82) is 5.26 Å². The fourth-order valence-electron chi connectivity index (χ4n) is 1.89. The molecule has 1 aliphatic heterocycles. The van der Waals surface area contributed by atoms with Crippen molar-refractivity contribution in [2.75, 3.05) is 19.6 Å². The summed E-state index contributed by atoms with van der Waals surface area (Å²) in [6.45, 7) is 9.78. The largest absolute Gasteiger partial charge is 0.302 e. The molecule has 1 aliphatic rings. The molecular weight excluding hydrogens is 174 g/mol. The third-order valence-electron chi connectivity index (χ3n) is 2.95. The summed E-state index contributed by atoms with van der Waals surface area (Å²) in [5, 5.41) is 11.9. The van der Waals surface area contributed by atoms with Crippen molar-refractivity contribution in [2.45, 2.75) is 39.3 Å². The monoisotopic (exact) mass is 195 g/mol. The van der Waals surface area contributed by atoms with E-state index < -0.39 is 0 Å². The first-order valence-electron chi connectivity index (χ1n) is 5.50. The Kier molecular flexibility index (Phi) is 4.37. The third-order valence-corrected chi connectivity index (χ3v) is 2.95. The Hall–Kier alpha value is -0.590. The van der Waals surface area contributed by atoms with Crippen LogP contribution in [0.1, 0.15) is 27.2 Å². The molecule has 2 unspecified atom stereocenters. The zero-order valence-electron chi connectivity index (χ0n) is 9.45. The maximum Gasteiger partial charge on any atom is 0.0924 e. The van der Waals surface area contributed by atoms with Crippen LogP contribution in [0.5, 0.6) is 0 Å². The minimum absolute atomic E-state index is 0.0110. The molecule has 0 aromatic heterocycles. The molecule has 2 atom stereocenters. The summed E-state index contributed by atoms with van der Waals surface area (Å²) in [4.78, 5) is 2.50. The molecule has 0 radical (unpaired) electrons. The van der Waals surface area contributed by atoms with Crippen LogP contribution in [-0.2, 0) is 0 Å². The van der Waals surface area contributed by atoms with E-state index in [2.05, 4.69) is 30.1 Å². The quantitative estimate of drug-likeness (QED) is 0.733. The number of nitrogens with zero attached hydrogens (tertiary/aromatic N) is 2. The molecule has 0 saturated carbocycles. The smallest absolute Gasteiger partial charge is 0.0924 e. The zero-order valence-corrected chi connectivity index (χ0v) is 9.45. The second-order valence-corrected chi connectivity index (χ2v) is 4.50. The second-order valence-electron chi connectivity index (χ2n) is 4.50. The Morgan fingerprint density at radius 3 is 2.71 bits per heavy atom. The molecule has 1 saturated heterocycles. The van der Waals surface area contributed by atoms with Gasteiger partial charge in [0.25, 0.3) is 0 Å². The van der Waals surface area contributed by atoms with Crippen LogP contribution >= 0.6 is 0 Å². The fourth-order valence-corrected chi connectivity index (χ4v) is 1.89. The van der Waals surface area contributed by atoms with Crippen LogP contribution in [0.25, 0.3) is 0 Å². The van der Waals surface area contributed by atoms with Crippen molar-refractivity contribution in [3.05, 3.63) is 0 Å². The molecule has 0 bridgehead atoms. The van der Waals surface area contributed by atoms with Crippen molar-refractivity contribution in [3.8, 4) is 6.07 Å². The molecule has 80 valence electrons. The van der Waals surface area contributed by atoms with Crippen LogP contribution in [0.3, 0.4) is 0 Å². The SMILES string of the molecule is CC(C#N)NCC1CCN(C(C)C)C1. The Balaban J connectivity index is 2.20. The van der Waals surface area contributed by atoms with Crippen molar-refractivity contribution >= 4 is 0 Å². The summed E-state index contributed by atoms with van der Waals surface area (Å²) in [5.74, 6) is 0.730. The highest BCUT2D eigenvalue weighted by molar-refractivity contribution is 4.87. The number of hydrogen-bond donors (Lipinski definition) is 1. The van der Waals surface area contributed by atoms with Crippen LogP contribution in [-0.4, -0.2) is 36.6 Å². The van der Waals surface area contributed by atoms with E-state index in [1.54, 1.807) is 0 Å². The van der Waals surface area contributed by atoms with Crippen molar-refractivity contribution < 1.29 is 0 Å². The highest BCUT2D eigenvalue weighted by Crippen LogP contribution is 2.17. The van der Waals surface area contributed by atoms with Gasteiger partial charge in [0, 0.05) is 19.1 Å². The minimum Gasteiger partial charge on any atom is -0.302 e. The van der Waals surface area contributed by atoms with E-state index in [1.807, 2.05) is 6.92 Å². The van der Waals surface area contributed by atoms with Gasteiger partial charge in [0.1, 0.15) is 0 Å². The van der Waals surface area contributed by atoms with E-state index in [0.717, 1.165) is 12.5 Å². The lowest BCUT2D eigenvalue weighted by molar-refractivity contribution is 0.263. The third kappa shape index (κ3) is 3.28. The minimum atomic E-state index is -0.0110. The van der Waals surface area contributed by atoms with Crippen LogP contribution in [0.15, 0.2) is 0 Å². The van der Waals surface area contributed by atoms with Crippen molar-refractivity contribution in [3.63, 3.8) is 0 Å². The number of hydrogen-bond acceptors (Lipinski definition) is 3. The number of likely N-dealkylation sites (tertiary alicyclic amines) is 1. The number of nitriles is 1. The summed E-state index contributed by atoms with van der Waals surface area (Å²) < 4.78 is 0. The Bertz CT molecular complexity index is 207. The van der Waals surface area contributed by atoms with E-state index >= 15 is 0 Å². The molecule has 0 aromatic rings. The maximum atomic E-state index is 8.63. The highest BCUT2D eigenvalue weighted by Gasteiger charge is 2.23. The predicted octanol–water partition coefficient (Wildman–Crippen LogP) is 1.22. The fraction of sp³-hybridized carbons (Fsp3) is 0.909. The van der Waals surface area contributed by atoms with Crippen LogP contribution in [0, 0.1) is 17.2 Å². The lowest BCUT2D eigenvalue weighted by atomic mass is 10.1. The molecule has 1 heterocycles. The zero-order chi connectivity index (χ0) is 10.6. The second kappa shape index (κ2) is 5.33. The molecule has 3 nitrogen and oxygen atoms in total. The predicted molar refractivity (Wildman–Crippen MR) is 57.9 cm³/mol. The first-order chi connectivity index (χ1) is 6.63. The first-order valence-corrected chi connectivity index (χ1v) is 5.50. The van der Waals surface area contributed by atoms with Gasteiger partial charge in [0.05, 0.1) is 12.1 Å². The number of rotatable bonds is 4. The molecule has 0 amide bonds. The van der Waals surface area contributed by atoms with Gasteiger partial charge < -0.3 is 10.2 Å². The summed E-state index contributed by atoms with van der Waals surface area (Å²) in [6, 6.07) is 2.85. The lowest BCUT2D eigenvalue weighted by Gasteiger charge is -2.20. The molecule has 0 aromatic carbocycles. The van der Waals surface area contributed by atoms with Gasteiger partial charge in [-0.15, -0.1) is 0 Å². The van der Waals surface area contributed by atoms with Crippen LogP contribution in [0.4, 0.5) is 0 Å². The van der Waals surface area contributed by atoms with E-state index in [4.69, 9.17) is 5.26 Å². The van der Waals surface area contributed by atoms with Gasteiger partial charge in [-0.1, -0.05) is 0 Å².